The summed E-state index contributed by atoms with van der Waals surface area (Å²) in [4.78, 5) is 17.7. The molecule has 0 radical (unpaired) electrons. The summed E-state index contributed by atoms with van der Waals surface area (Å²) in [5.74, 6) is 0.192. The maximum atomic E-state index is 12.2. The van der Waals surface area contributed by atoms with E-state index in [2.05, 4.69) is 22.5 Å². The molecular weight excluding hydrogens is 330 g/mol. The summed E-state index contributed by atoms with van der Waals surface area (Å²) in [5, 5.41) is 7.68. The molecule has 4 nitrogen and oxygen atoms in total. The number of anilines is 1. The minimum atomic E-state index is 0.0927. The lowest BCUT2D eigenvalue weighted by Gasteiger charge is -2.20. The Hall–Kier alpha value is -1.43. The van der Waals surface area contributed by atoms with Crippen LogP contribution in [-0.2, 0) is 11.2 Å². The minimum absolute atomic E-state index is 0.0927. The van der Waals surface area contributed by atoms with E-state index in [1.54, 1.807) is 11.3 Å². The van der Waals surface area contributed by atoms with Crippen molar-refractivity contribution in [2.75, 3.05) is 18.4 Å². The number of hydrogen-bond acceptors (Lipinski definition) is 4. The number of rotatable bonds is 4. The number of aromatic nitrogens is 1. The van der Waals surface area contributed by atoms with Crippen molar-refractivity contribution < 1.29 is 4.79 Å². The Labute approximate surface area is 145 Å². The van der Waals surface area contributed by atoms with Gasteiger partial charge < -0.3 is 10.6 Å². The number of hydrogen-bond donors (Lipinski definition) is 2. The van der Waals surface area contributed by atoms with Crippen LogP contribution < -0.4 is 10.6 Å². The topological polar surface area (TPSA) is 54.0 Å². The van der Waals surface area contributed by atoms with Crippen molar-refractivity contribution in [3.8, 4) is 0 Å². The van der Waals surface area contributed by atoms with E-state index in [9.17, 15) is 4.79 Å². The summed E-state index contributed by atoms with van der Waals surface area (Å²) in [6.45, 7) is 3.89. The highest BCUT2D eigenvalue weighted by Crippen LogP contribution is 2.25. The van der Waals surface area contributed by atoms with Crippen LogP contribution in [0.25, 0.3) is 0 Å². The maximum absolute atomic E-state index is 12.2. The van der Waals surface area contributed by atoms with E-state index in [1.165, 1.54) is 11.1 Å². The molecule has 1 aromatic carbocycles. The van der Waals surface area contributed by atoms with Gasteiger partial charge in [-0.25, -0.2) is 4.98 Å². The standard InChI is InChI=1S/C17H20ClN3OS/c1-11-8-14(18)3-2-13(11)9-15-10-20-17(23-15)21-16(22)12-4-6-19-7-5-12/h2-3,8,10,12,19H,4-7,9H2,1H3,(H,20,21,22). The molecule has 0 unspecified atom stereocenters. The quantitative estimate of drug-likeness (QED) is 0.886. The number of carbonyl (C=O) groups is 1. The van der Waals surface area contributed by atoms with Gasteiger partial charge in [0.05, 0.1) is 0 Å². The van der Waals surface area contributed by atoms with E-state index >= 15 is 0 Å². The minimum Gasteiger partial charge on any atom is -0.317 e. The first-order chi connectivity index (χ1) is 11.1. The molecule has 0 saturated carbocycles. The van der Waals surface area contributed by atoms with Gasteiger partial charge in [-0.3, -0.25) is 4.79 Å². The lowest BCUT2D eigenvalue weighted by atomic mass is 9.97. The Bertz CT molecular complexity index is 695. The van der Waals surface area contributed by atoms with Gasteiger partial charge in [0.25, 0.3) is 0 Å². The third-order valence-electron chi connectivity index (χ3n) is 4.16. The van der Waals surface area contributed by atoms with Crippen molar-refractivity contribution in [2.45, 2.75) is 26.2 Å². The number of aryl methyl sites for hydroxylation is 1. The van der Waals surface area contributed by atoms with Gasteiger partial charge >= 0.3 is 0 Å². The molecule has 1 aliphatic rings. The smallest absolute Gasteiger partial charge is 0.229 e. The van der Waals surface area contributed by atoms with Gasteiger partial charge in [-0.1, -0.05) is 17.7 Å². The first kappa shape index (κ1) is 16.4. The molecule has 0 aliphatic carbocycles. The number of halogens is 1. The Morgan fingerprint density at radius 2 is 2.22 bits per heavy atom. The van der Waals surface area contributed by atoms with Crippen LogP contribution in [-0.4, -0.2) is 24.0 Å². The Morgan fingerprint density at radius 1 is 1.43 bits per heavy atom. The summed E-state index contributed by atoms with van der Waals surface area (Å²) in [6, 6.07) is 5.92. The average molecular weight is 350 g/mol. The van der Waals surface area contributed by atoms with Crippen LogP contribution in [0.15, 0.2) is 24.4 Å². The predicted octanol–water partition coefficient (Wildman–Crippen LogP) is 3.63. The Balaban J connectivity index is 1.62. The van der Waals surface area contributed by atoms with E-state index in [-0.39, 0.29) is 11.8 Å². The molecule has 3 rings (SSSR count). The molecule has 2 heterocycles. The molecule has 6 heteroatoms. The second-order valence-electron chi connectivity index (χ2n) is 5.89. The Kier molecular flexibility index (Phi) is 5.30. The summed E-state index contributed by atoms with van der Waals surface area (Å²) < 4.78 is 0. The Morgan fingerprint density at radius 3 is 2.96 bits per heavy atom. The number of carbonyl (C=O) groups excluding carboxylic acids is 1. The lowest BCUT2D eigenvalue weighted by molar-refractivity contribution is -0.120. The maximum Gasteiger partial charge on any atom is 0.229 e. The zero-order valence-electron chi connectivity index (χ0n) is 13.1. The fraction of sp³-hybridized carbons (Fsp3) is 0.412. The summed E-state index contributed by atoms with van der Waals surface area (Å²) in [7, 11) is 0. The van der Waals surface area contributed by atoms with Crippen LogP contribution in [0.4, 0.5) is 5.13 Å². The van der Waals surface area contributed by atoms with Gasteiger partial charge in [0.2, 0.25) is 5.91 Å². The molecule has 1 amide bonds. The highest BCUT2D eigenvalue weighted by atomic mass is 35.5. The zero-order valence-corrected chi connectivity index (χ0v) is 14.6. The SMILES string of the molecule is Cc1cc(Cl)ccc1Cc1cnc(NC(=O)C2CCNCC2)s1. The molecule has 0 spiro atoms. The van der Waals surface area contributed by atoms with Crippen LogP contribution in [0.1, 0.15) is 28.8 Å². The van der Waals surface area contributed by atoms with Crippen molar-refractivity contribution in [2.24, 2.45) is 5.92 Å². The number of nitrogens with one attached hydrogen (secondary N) is 2. The van der Waals surface area contributed by atoms with E-state index < -0.39 is 0 Å². The van der Waals surface area contributed by atoms with Crippen molar-refractivity contribution in [3.63, 3.8) is 0 Å². The number of nitrogens with zero attached hydrogens (tertiary/aromatic N) is 1. The van der Waals surface area contributed by atoms with E-state index in [0.29, 0.717) is 5.13 Å². The van der Waals surface area contributed by atoms with Crippen LogP contribution >= 0.6 is 22.9 Å². The fourth-order valence-corrected chi connectivity index (χ4v) is 3.85. The molecular formula is C17H20ClN3OS. The molecule has 1 aliphatic heterocycles. The van der Waals surface area contributed by atoms with Crippen LogP contribution in [0.2, 0.25) is 5.02 Å². The second-order valence-corrected chi connectivity index (χ2v) is 7.44. The summed E-state index contributed by atoms with van der Waals surface area (Å²) >= 11 is 7.53. The predicted molar refractivity (Wildman–Crippen MR) is 95.3 cm³/mol. The van der Waals surface area contributed by atoms with Gasteiger partial charge in [-0.15, -0.1) is 11.3 Å². The molecule has 1 fully saturated rings. The van der Waals surface area contributed by atoms with Crippen LogP contribution in [0.5, 0.6) is 0 Å². The largest absolute Gasteiger partial charge is 0.317 e. The highest BCUT2D eigenvalue weighted by molar-refractivity contribution is 7.15. The van der Waals surface area contributed by atoms with Gasteiger partial charge in [-0.05, 0) is 56.1 Å². The molecule has 1 saturated heterocycles. The van der Waals surface area contributed by atoms with Crippen LogP contribution in [0, 0.1) is 12.8 Å². The van der Waals surface area contributed by atoms with Crippen molar-refractivity contribution in [1.82, 2.24) is 10.3 Å². The zero-order chi connectivity index (χ0) is 16.2. The highest BCUT2D eigenvalue weighted by Gasteiger charge is 2.21. The molecule has 122 valence electrons. The molecule has 0 bridgehead atoms. The monoisotopic (exact) mass is 349 g/mol. The molecule has 0 atom stereocenters. The number of amides is 1. The average Bonchev–Trinajstić information content (AvgIpc) is 2.98. The van der Waals surface area contributed by atoms with E-state index in [0.717, 1.165) is 42.3 Å². The van der Waals surface area contributed by atoms with Crippen molar-refractivity contribution >= 4 is 34.0 Å². The number of thiazole rings is 1. The van der Waals surface area contributed by atoms with Gasteiger partial charge in [-0.2, -0.15) is 0 Å². The van der Waals surface area contributed by atoms with Gasteiger partial charge in [0.1, 0.15) is 0 Å². The van der Waals surface area contributed by atoms with Gasteiger partial charge in [0, 0.05) is 28.4 Å². The summed E-state index contributed by atoms with van der Waals surface area (Å²) in [6.07, 6.45) is 4.45. The molecule has 23 heavy (non-hydrogen) atoms. The molecule has 2 aromatic rings. The number of piperidine rings is 1. The first-order valence-electron chi connectivity index (χ1n) is 7.83. The third kappa shape index (κ3) is 4.31. The van der Waals surface area contributed by atoms with Crippen molar-refractivity contribution in [3.05, 3.63) is 45.4 Å². The van der Waals surface area contributed by atoms with Gasteiger partial charge in [0.15, 0.2) is 5.13 Å². The van der Waals surface area contributed by atoms with Crippen molar-refractivity contribution in [1.29, 1.82) is 0 Å². The van der Waals surface area contributed by atoms with E-state index in [4.69, 9.17) is 11.6 Å². The molecule has 1 aromatic heterocycles. The fourth-order valence-electron chi connectivity index (χ4n) is 2.78. The third-order valence-corrected chi connectivity index (χ3v) is 5.31. The first-order valence-corrected chi connectivity index (χ1v) is 9.02. The molecule has 2 N–H and O–H groups in total. The number of benzene rings is 1. The van der Waals surface area contributed by atoms with E-state index in [1.807, 2.05) is 24.4 Å². The lowest BCUT2D eigenvalue weighted by Crippen LogP contribution is -2.34. The summed E-state index contributed by atoms with van der Waals surface area (Å²) in [5.41, 5.74) is 2.40. The second kappa shape index (κ2) is 7.43. The normalized spacial score (nSPS) is 15.6. The van der Waals surface area contributed by atoms with Crippen LogP contribution in [0.3, 0.4) is 0 Å².